The fraction of sp³-hybridized carbons (Fsp3) is 0.409. The number of carbonyl (C=O) groups is 1. The number of likely N-dealkylation sites (tertiary alicyclic amines) is 1. The Morgan fingerprint density at radius 2 is 1.52 bits per heavy atom. The average molecular weight is 334 g/mol. The predicted octanol–water partition coefficient (Wildman–Crippen LogP) is 3.95. The van der Waals surface area contributed by atoms with Crippen molar-refractivity contribution in [2.75, 3.05) is 24.5 Å². The first-order valence-corrected chi connectivity index (χ1v) is 9.41. The lowest BCUT2D eigenvalue weighted by molar-refractivity contribution is -0.119. The minimum Gasteiger partial charge on any atom is -0.312 e. The highest BCUT2D eigenvalue weighted by Crippen LogP contribution is 2.34. The number of para-hydroxylation sites is 1. The fourth-order valence-corrected chi connectivity index (χ4v) is 4.37. The first-order chi connectivity index (χ1) is 12.3. The van der Waals surface area contributed by atoms with E-state index in [1.165, 1.54) is 5.56 Å². The molecule has 2 heterocycles. The number of piperidine rings is 1. The first-order valence-electron chi connectivity index (χ1n) is 9.41. The Morgan fingerprint density at radius 3 is 2.28 bits per heavy atom. The molecular formula is C22H26N2O. The molecule has 0 saturated carbocycles. The van der Waals surface area contributed by atoms with E-state index in [9.17, 15) is 4.79 Å². The standard InChI is InChI=1S/C22H26N2O/c25-22-15-19-11-13-23(16-18-7-3-1-4-8-18)17-20(19)12-14-24(22)21-9-5-2-6-10-21/h1-10,19-20H,11-17H2/t19-,20-/m0/s1. The SMILES string of the molecule is O=C1C[C@@H]2CCN(Cc3ccccc3)C[C@@H]2CCN1c1ccccc1. The van der Waals surface area contributed by atoms with Crippen LogP contribution in [0.2, 0.25) is 0 Å². The van der Waals surface area contributed by atoms with E-state index in [1.54, 1.807) is 0 Å². The van der Waals surface area contributed by atoms with Crippen molar-refractivity contribution < 1.29 is 4.79 Å². The van der Waals surface area contributed by atoms with Gasteiger partial charge in [-0.25, -0.2) is 0 Å². The third-order valence-corrected chi connectivity index (χ3v) is 5.75. The maximum atomic E-state index is 12.8. The summed E-state index contributed by atoms with van der Waals surface area (Å²) in [6.45, 7) is 4.10. The number of benzene rings is 2. The highest BCUT2D eigenvalue weighted by molar-refractivity contribution is 5.93. The van der Waals surface area contributed by atoms with Crippen LogP contribution in [-0.4, -0.2) is 30.4 Å². The second-order valence-corrected chi connectivity index (χ2v) is 7.40. The summed E-state index contributed by atoms with van der Waals surface area (Å²) in [5.41, 5.74) is 2.43. The number of hydrogen-bond donors (Lipinski definition) is 0. The normalized spacial score (nSPS) is 24.6. The molecule has 2 aromatic carbocycles. The summed E-state index contributed by atoms with van der Waals surface area (Å²) in [6.07, 6.45) is 2.96. The van der Waals surface area contributed by atoms with Crippen LogP contribution in [0.3, 0.4) is 0 Å². The zero-order chi connectivity index (χ0) is 17.1. The Labute approximate surface area is 150 Å². The lowest BCUT2D eigenvalue weighted by atomic mass is 9.82. The van der Waals surface area contributed by atoms with Crippen LogP contribution < -0.4 is 4.90 Å². The van der Waals surface area contributed by atoms with E-state index in [4.69, 9.17) is 0 Å². The largest absolute Gasteiger partial charge is 0.312 e. The van der Waals surface area contributed by atoms with E-state index in [-0.39, 0.29) is 0 Å². The first kappa shape index (κ1) is 16.3. The minimum atomic E-state index is 0.301. The van der Waals surface area contributed by atoms with E-state index in [0.717, 1.165) is 44.7 Å². The van der Waals surface area contributed by atoms with Gasteiger partial charge in [0.1, 0.15) is 0 Å². The van der Waals surface area contributed by atoms with Crippen LogP contribution in [0, 0.1) is 11.8 Å². The number of amides is 1. The maximum absolute atomic E-state index is 12.8. The molecule has 0 aliphatic carbocycles. The van der Waals surface area contributed by atoms with Crippen molar-refractivity contribution in [3.05, 3.63) is 66.2 Å². The molecule has 2 fully saturated rings. The number of rotatable bonds is 3. The summed E-state index contributed by atoms with van der Waals surface area (Å²) in [4.78, 5) is 17.3. The monoisotopic (exact) mass is 334 g/mol. The summed E-state index contributed by atoms with van der Waals surface area (Å²) in [5, 5.41) is 0. The summed E-state index contributed by atoms with van der Waals surface area (Å²) in [6, 6.07) is 20.9. The maximum Gasteiger partial charge on any atom is 0.227 e. The van der Waals surface area contributed by atoms with Gasteiger partial charge < -0.3 is 4.90 Å². The number of fused-ring (bicyclic) bond motifs is 1. The van der Waals surface area contributed by atoms with Gasteiger partial charge in [-0.05, 0) is 48.9 Å². The van der Waals surface area contributed by atoms with Gasteiger partial charge in [0, 0.05) is 31.7 Å². The van der Waals surface area contributed by atoms with Crippen LogP contribution in [0.1, 0.15) is 24.8 Å². The van der Waals surface area contributed by atoms with Gasteiger partial charge in [-0.3, -0.25) is 9.69 Å². The van der Waals surface area contributed by atoms with Crippen LogP contribution in [-0.2, 0) is 11.3 Å². The van der Waals surface area contributed by atoms with Crippen molar-refractivity contribution in [3.63, 3.8) is 0 Å². The number of carbonyl (C=O) groups excluding carboxylic acids is 1. The molecule has 1 amide bonds. The molecule has 0 N–H and O–H groups in total. The molecule has 130 valence electrons. The predicted molar refractivity (Wildman–Crippen MR) is 101 cm³/mol. The van der Waals surface area contributed by atoms with Crippen molar-refractivity contribution in [2.45, 2.75) is 25.8 Å². The van der Waals surface area contributed by atoms with Gasteiger partial charge in [0.15, 0.2) is 0 Å². The molecule has 2 aliphatic heterocycles. The minimum absolute atomic E-state index is 0.301. The Hall–Kier alpha value is -2.13. The van der Waals surface area contributed by atoms with Gasteiger partial charge >= 0.3 is 0 Å². The number of hydrogen-bond acceptors (Lipinski definition) is 2. The van der Waals surface area contributed by atoms with E-state index >= 15 is 0 Å². The topological polar surface area (TPSA) is 23.6 Å². The van der Waals surface area contributed by atoms with Crippen LogP contribution in [0.25, 0.3) is 0 Å². The summed E-state index contributed by atoms with van der Waals surface area (Å²) >= 11 is 0. The van der Waals surface area contributed by atoms with Crippen LogP contribution in [0.5, 0.6) is 0 Å². The molecule has 2 atom stereocenters. The second kappa shape index (κ2) is 7.40. The Morgan fingerprint density at radius 1 is 0.840 bits per heavy atom. The van der Waals surface area contributed by atoms with Gasteiger partial charge in [0.05, 0.1) is 0 Å². The van der Waals surface area contributed by atoms with Gasteiger partial charge in [-0.15, -0.1) is 0 Å². The fourth-order valence-electron chi connectivity index (χ4n) is 4.37. The van der Waals surface area contributed by atoms with Crippen molar-refractivity contribution in [2.24, 2.45) is 11.8 Å². The summed E-state index contributed by atoms with van der Waals surface area (Å²) < 4.78 is 0. The molecule has 3 heteroatoms. The highest BCUT2D eigenvalue weighted by atomic mass is 16.2. The molecule has 0 spiro atoms. The lowest BCUT2D eigenvalue weighted by Gasteiger charge is -2.37. The van der Waals surface area contributed by atoms with Crippen molar-refractivity contribution >= 4 is 11.6 Å². The molecule has 3 nitrogen and oxygen atoms in total. The molecular weight excluding hydrogens is 308 g/mol. The number of anilines is 1. The molecule has 2 saturated heterocycles. The Kier molecular flexibility index (Phi) is 4.84. The zero-order valence-electron chi connectivity index (χ0n) is 14.7. The molecule has 0 aromatic heterocycles. The van der Waals surface area contributed by atoms with E-state index in [1.807, 2.05) is 23.1 Å². The summed E-state index contributed by atoms with van der Waals surface area (Å²) in [5.74, 6) is 1.48. The van der Waals surface area contributed by atoms with Crippen LogP contribution in [0.4, 0.5) is 5.69 Å². The van der Waals surface area contributed by atoms with Gasteiger partial charge in [-0.2, -0.15) is 0 Å². The van der Waals surface area contributed by atoms with Gasteiger partial charge in [-0.1, -0.05) is 48.5 Å². The highest BCUT2D eigenvalue weighted by Gasteiger charge is 2.35. The van der Waals surface area contributed by atoms with Crippen LogP contribution >= 0.6 is 0 Å². The molecule has 0 unspecified atom stereocenters. The smallest absolute Gasteiger partial charge is 0.227 e. The number of nitrogens with zero attached hydrogens (tertiary/aromatic N) is 2. The van der Waals surface area contributed by atoms with Crippen molar-refractivity contribution in [1.82, 2.24) is 4.90 Å². The Balaban J connectivity index is 1.42. The average Bonchev–Trinajstić information content (AvgIpc) is 2.81. The van der Waals surface area contributed by atoms with E-state index in [0.29, 0.717) is 24.2 Å². The van der Waals surface area contributed by atoms with E-state index in [2.05, 4.69) is 47.4 Å². The molecule has 2 aliphatic rings. The Bertz CT molecular complexity index is 700. The molecule has 2 aromatic rings. The second-order valence-electron chi connectivity index (χ2n) is 7.40. The van der Waals surface area contributed by atoms with Gasteiger partial charge in [0.25, 0.3) is 0 Å². The van der Waals surface area contributed by atoms with Gasteiger partial charge in [0.2, 0.25) is 5.91 Å². The molecule has 0 radical (unpaired) electrons. The molecule has 25 heavy (non-hydrogen) atoms. The van der Waals surface area contributed by atoms with Crippen LogP contribution in [0.15, 0.2) is 60.7 Å². The van der Waals surface area contributed by atoms with Crippen molar-refractivity contribution in [3.8, 4) is 0 Å². The third kappa shape index (κ3) is 3.77. The summed E-state index contributed by atoms with van der Waals surface area (Å²) in [7, 11) is 0. The van der Waals surface area contributed by atoms with E-state index < -0.39 is 0 Å². The molecule has 0 bridgehead atoms. The zero-order valence-corrected chi connectivity index (χ0v) is 14.7. The molecule has 4 rings (SSSR count). The third-order valence-electron chi connectivity index (χ3n) is 5.75. The quantitative estimate of drug-likeness (QED) is 0.848. The lowest BCUT2D eigenvalue weighted by Crippen LogP contribution is -2.40. The van der Waals surface area contributed by atoms with Crippen molar-refractivity contribution in [1.29, 1.82) is 0 Å².